The number of anilines is 2. The largest absolute Gasteiger partial charge is 1.00 e. The van der Waals surface area contributed by atoms with Crippen LogP contribution in [0.1, 0.15) is 94.9 Å². The van der Waals surface area contributed by atoms with Gasteiger partial charge in [-0.25, -0.2) is 9.59 Å². The second-order valence-corrected chi connectivity index (χ2v) is 17.6. The number of unbranched alkanes of at least 4 members (excludes halogenated alkanes) is 2. The van der Waals surface area contributed by atoms with E-state index in [0.717, 1.165) is 48.8 Å². The zero-order valence-electron chi connectivity index (χ0n) is 44.1. The van der Waals surface area contributed by atoms with Crippen LogP contribution in [0.15, 0.2) is 96.1 Å². The molecule has 22 heteroatoms. The van der Waals surface area contributed by atoms with Crippen LogP contribution < -0.4 is 82.7 Å². The van der Waals surface area contributed by atoms with Crippen LogP contribution in [0.3, 0.4) is 0 Å². The number of quaternary nitrogens is 1. The van der Waals surface area contributed by atoms with E-state index in [1.165, 1.54) is 0 Å². The van der Waals surface area contributed by atoms with Crippen molar-refractivity contribution in [3.8, 4) is 23.0 Å². The lowest BCUT2D eigenvalue weighted by Gasteiger charge is -2.24. The minimum atomic E-state index is -0.564. The van der Waals surface area contributed by atoms with Crippen LogP contribution in [0.5, 0.6) is 23.0 Å². The van der Waals surface area contributed by atoms with E-state index in [0.29, 0.717) is 83.9 Å². The van der Waals surface area contributed by atoms with Gasteiger partial charge in [0.2, 0.25) is 23.6 Å². The predicted octanol–water partition coefficient (Wildman–Crippen LogP) is -5.03. The molecular weight excluding hydrogens is 1030 g/mol. The number of benzene rings is 4. The Morgan fingerprint density at radius 3 is 1.49 bits per heavy atom. The number of esters is 2. The van der Waals surface area contributed by atoms with Crippen LogP contribution in [0.25, 0.3) is 12.2 Å². The Morgan fingerprint density at radius 1 is 0.649 bits per heavy atom. The molecule has 0 aliphatic carbocycles. The van der Waals surface area contributed by atoms with Crippen molar-refractivity contribution in [3.63, 3.8) is 0 Å². The van der Waals surface area contributed by atoms with Crippen LogP contribution in [-0.4, -0.2) is 115 Å². The molecule has 0 radical (unpaired) electrons. The average molecular weight is 1110 g/mol. The molecule has 0 spiro atoms. The number of imide groups is 1. The molecule has 0 atom stereocenters. The van der Waals surface area contributed by atoms with Crippen molar-refractivity contribution in [2.24, 2.45) is 11.5 Å². The van der Waals surface area contributed by atoms with Crippen molar-refractivity contribution >= 4 is 70.8 Å². The Bertz CT molecular complexity index is 2720. The van der Waals surface area contributed by atoms with E-state index in [1.807, 2.05) is 30.9 Å². The zero-order chi connectivity index (χ0) is 55.0. The monoisotopic (exact) mass is 1100 g/mol. The normalized spacial score (nSPS) is 12.0. The third-order valence-electron chi connectivity index (χ3n) is 12.0. The van der Waals surface area contributed by atoms with E-state index < -0.39 is 11.9 Å². The van der Waals surface area contributed by atoms with E-state index >= 15 is 0 Å². The van der Waals surface area contributed by atoms with Crippen molar-refractivity contribution in [2.75, 3.05) is 62.2 Å². The number of hydrogen-bond donors (Lipinski definition) is 9. The molecule has 4 aromatic carbocycles. The maximum absolute atomic E-state index is 12.6. The lowest BCUT2D eigenvalue weighted by Crippen LogP contribution is -3.00. The number of ether oxygens (including phenoxy) is 2. The maximum Gasteiger partial charge on any atom is 0.339 e. The molecule has 0 aromatic heterocycles. The van der Waals surface area contributed by atoms with Gasteiger partial charge in [0.05, 0.1) is 24.2 Å². The molecule has 1 fully saturated rings. The van der Waals surface area contributed by atoms with Gasteiger partial charge in [-0.2, -0.15) is 0 Å². The van der Waals surface area contributed by atoms with Crippen LogP contribution in [0.4, 0.5) is 11.4 Å². The number of nitrogens with zero attached hydrogens (tertiary/aromatic N) is 3. The summed E-state index contributed by atoms with van der Waals surface area (Å²) >= 11 is 0. The summed E-state index contributed by atoms with van der Waals surface area (Å²) in [6.45, 7) is 11.9. The number of amidine groups is 2. The van der Waals surface area contributed by atoms with Crippen LogP contribution in [0.2, 0.25) is 0 Å². The van der Waals surface area contributed by atoms with Gasteiger partial charge < -0.3 is 70.7 Å². The highest BCUT2D eigenvalue weighted by Gasteiger charge is 2.28. The first-order valence-corrected chi connectivity index (χ1v) is 24.9. The Hall–Kier alpha value is -7.94. The Balaban J connectivity index is 0.000000579. The summed E-state index contributed by atoms with van der Waals surface area (Å²) in [6.07, 6.45) is 6.21. The number of nitrogens with one attached hydrogen (secondary N) is 2. The standard InChI is InChI=1S/C34H44N6O7.C21H26N4O3.2ClH/c1-3-39(20-18-38-29(42)7-5-4-6-17-37-30(43)16-19-40-31(44)14-15-32(40)45)26-11-8-25(28(41)22-26)21-23(2)34(46)47-27-12-9-24(10-13-27)33(35)36;1-3-25(11-10-22)17-7-4-16(19(26)13-17)12-14(2)21(27)28-18-8-5-15(6-9-18)20(23)24;;/h8-13,21-22,41H,3-7,14-20H2,1-2H3,(H3,35,36)(H,37,43)(H,38,42);4-9,12-13,26H,3,10-11,22H2,1-2H3,(H3,23,24);2*1H/p+1/b23-21+;14-12+;;. The van der Waals surface area contributed by atoms with Gasteiger partial charge in [-0.1, -0.05) is 6.42 Å². The third-order valence-corrected chi connectivity index (χ3v) is 12.0. The van der Waals surface area contributed by atoms with Gasteiger partial charge >= 0.3 is 11.9 Å². The van der Waals surface area contributed by atoms with E-state index in [4.69, 9.17) is 31.8 Å². The number of rotatable bonds is 26. The maximum atomic E-state index is 12.6. The van der Waals surface area contributed by atoms with Crippen molar-refractivity contribution in [3.05, 3.63) is 118 Å². The number of phenolic OH excluding ortho intramolecular Hbond substituents is 2. The number of carbonyl (C=O) groups is 6. The van der Waals surface area contributed by atoms with Crippen molar-refractivity contribution < 1.29 is 89.8 Å². The molecule has 0 saturated carbocycles. The van der Waals surface area contributed by atoms with Crippen LogP contribution in [0, 0.1) is 0 Å². The minimum Gasteiger partial charge on any atom is -1.00 e. The van der Waals surface area contributed by atoms with Gasteiger partial charge in [0.25, 0.3) is 11.7 Å². The summed E-state index contributed by atoms with van der Waals surface area (Å²) in [5.41, 5.74) is 19.6. The van der Waals surface area contributed by atoms with Gasteiger partial charge in [0, 0.05) is 111 Å². The van der Waals surface area contributed by atoms with E-state index in [1.54, 1.807) is 98.8 Å². The number of likely N-dealkylation sites (N-methyl/N-ethyl adjacent to an activating group) is 2. The van der Waals surface area contributed by atoms with Crippen LogP contribution >= 0.6 is 0 Å². The van der Waals surface area contributed by atoms with E-state index in [9.17, 15) is 39.0 Å². The molecule has 416 valence electrons. The first-order chi connectivity index (χ1) is 35.8. The highest BCUT2D eigenvalue weighted by atomic mass is 35.5. The van der Waals surface area contributed by atoms with E-state index in [-0.39, 0.29) is 97.4 Å². The molecule has 1 aliphatic heterocycles. The Labute approximate surface area is 461 Å². The molecule has 1 heterocycles. The van der Waals surface area contributed by atoms with Crippen molar-refractivity contribution in [1.29, 1.82) is 0 Å². The quantitative estimate of drug-likeness (QED) is 0.00541. The molecule has 0 unspecified atom stereocenters. The number of halogens is 2. The summed E-state index contributed by atoms with van der Waals surface area (Å²) in [5.74, 6) is -0.598. The first-order valence-electron chi connectivity index (χ1n) is 24.9. The summed E-state index contributed by atoms with van der Waals surface area (Å²) < 4.78 is 10.7. The molecule has 77 heavy (non-hydrogen) atoms. The summed E-state index contributed by atoms with van der Waals surface area (Å²) in [5, 5.41) is 37.8. The molecule has 20 nitrogen and oxygen atoms in total. The lowest BCUT2D eigenvalue weighted by molar-refractivity contribution is -0.363. The molecule has 1 aliphatic rings. The fourth-order valence-electron chi connectivity index (χ4n) is 7.63. The molecule has 15 N–H and O–H groups in total. The van der Waals surface area contributed by atoms with Crippen LogP contribution in [-0.2, 0) is 28.8 Å². The molecule has 1 saturated heterocycles. The molecule has 4 aromatic rings. The SMILES string of the molecule is CCN(CCNC(=O)CCCCCNC(=O)CCN1C(=O)CCC1=O)c1ccc(/C=C(\C)C(=O)Oc2ccc(C(N)=[NH2+])cc2)c(O)c1.CCN(CC[NH3+])c1ccc(/C=C(\C)C(=O)Oc2ccc(C(N)=[NH2+])cc2)c(O)c1.[Cl-].[Cl-]. The fourth-order valence-corrected chi connectivity index (χ4v) is 7.63. The van der Waals surface area contributed by atoms with E-state index in [2.05, 4.69) is 21.3 Å². The zero-order valence-corrected chi connectivity index (χ0v) is 45.6. The Morgan fingerprint density at radius 2 is 1.08 bits per heavy atom. The summed E-state index contributed by atoms with van der Waals surface area (Å²) in [7, 11) is 0. The molecule has 5 rings (SSSR count). The number of likely N-dealkylation sites (tertiary alicyclic amines) is 1. The number of nitrogens with two attached hydrogens (primary N) is 4. The highest BCUT2D eigenvalue weighted by Crippen LogP contribution is 2.29. The third kappa shape index (κ3) is 21.3. The van der Waals surface area contributed by atoms with Gasteiger partial charge in [-0.15, -0.1) is 0 Å². The summed E-state index contributed by atoms with van der Waals surface area (Å²) in [6, 6.07) is 23.6. The number of amides is 4. The number of carbonyl (C=O) groups excluding carboxylic acids is 6. The van der Waals surface area contributed by atoms with Crippen molar-refractivity contribution in [1.82, 2.24) is 15.5 Å². The second-order valence-electron chi connectivity index (χ2n) is 17.6. The number of aromatic hydroxyl groups is 2. The van der Waals surface area contributed by atoms with Gasteiger partial charge in [0.1, 0.15) is 23.0 Å². The lowest BCUT2D eigenvalue weighted by atomic mass is 10.1. The molecular formula is C55H73Cl2N10O10+. The molecule has 4 amide bonds. The van der Waals surface area contributed by atoms with Gasteiger partial charge in [-0.05, 0) is 125 Å². The number of hydrogen-bond acceptors (Lipinski definition) is 12. The van der Waals surface area contributed by atoms with Crippen molar-refractivity contribution in [2.45, 2.75) is 72.6 Å². The highest BCUT2D eigenvalue weighted by molar-refractivity contribution is 6.02. The minimum absolute atomic E-state index is 0. The number of phenols is 2. The summed E-state index contributed by atoms with van der Waals surface area (Å²) in [4.78, 5) is 77.6. The average Bonchev–Trinajstić information content (AvgIpc) is 3.71. The predicted molar refractivity (Wildman–Crippen MR) is 287 cm³/mol. The van der Waals surface area contributed by atoms with Gasteiger partial charge in [-0.3, -0.25) is 46.4 Å². The topological polar surface area (TPSA) is 326 Å². The second kappa shape index (κ2) is 33.2. The van der Waals surface area contributed by atoms with Gasteiger partial charge in [0.15, 0.2) is 0 Å². The Kier molecular flexibility index (Phi) is 28.1. The molecule has 0 bridgehead atoms. The fraction of sp³-hybridized carbons (Fsp3) is 0.345. The first kappa shape index (κ1) is 65.2. The smallest absolute Gasteiger partial charge is 0.339 e.